The molecule has 0 radical (unpaired) electrons. The van der Waals surface area contributed by atoms with Crippen molar-refractivity contribution in [1.82, 2.24) is 9.80 Å². The van der Waals surface area contributed by atoms with Crippen LogP contribution in [0.1, 0.15) is 70.3 Å². The highest BCUT2D eigenvalue weighted by Gasteiger charge is 2.21. The van der Waals surface area contributed by atoms with Crippen LogP contribution >= 0.6 is 11.6 Å². The minimum absolute atomic E-state index is 0.307. The van der Waals surface area contributed by atoms with Crippen molar-refractivity contribution >= 4 is 17.4 Å². The van der Waals surface area contributed by atoms with Crippen LogP contribution in [0, 0.1) is 12.8 Å². The zero-order valence-electron chi connectivity index (χ0n) is 22.8. The molecule has 0 saturated carbocycles. The number of nitrogens with zero attached hydrogens (tertiary/aromatic N) is 2. The second-order valence-electron chi connectivity index (χ2n) is 11.3. The van der Waals surface area contributed by atoms with Crippen LogP contribution in [0.4, 0.5) is 0 Å². The average molecular weight is 529 g/mol. The Bertz CT molecular complexity index is 1230. The van der Waals surface area contributed by atoms with Gasteiger partial charge in [-0.15, -0.1) is 0 Å². The zero-order valence-corrected chi connectivity index (χ0v) is 23.6. The molecule has 0 atom stereocenters. The van der Waals surface area contributed by atoms with E-state index in [0.717, 1.165) is 61.9 Å². The highest BCUT2D eigenvalue weighted by Crippen LogP contribution is 2.26. The Morgan fingerprint density at radius 3 is 2.24 bits per heavy atom. The van der Waals surface area contributed by atoms with E-state index in [0.29, 0.717) is 12.2 Å². The number of fused-ring (bicyclic) bond motifs is 1. The number of benzene rings is 3. The fourth-order valence-corrected chi connectivity index (χ4v) is 6.32. The molecule has 0 N–H and O–H groups in total. The first kappa shape index (κ1) is 27.1. The number of Topliss-reactive ketones (excluding diaryl/α,β-unsaturated/α-hetero) is 1. The molecule has 200 valence electrons. The first-order valence-corrected chi connectivity index (χ1v) is 14.8. The van der Waals surface area contributed by atoms with Crippen LogP contribution in [-0.4, -0.2) is 41.8 Å². The Morgan fingerprint density at radius 2 is 1.47 bits per heavy atom. The van der Waals surface area contributed by atoms with Crippen LogP contribution in [-0.2, 0) is 25.9 Å². The third-order valence-electron chi connectivity index (χ3n) is 8.65. The van der Waals surface area contributed by atoms with Crippen molar-refractivity contribution in [3.05, 3.63) is 105 Å². The molecule has 38 heavy (non-hydrogen) atoms. The minimum Gasteiger partial charge on any atom is -0.299 e. The Labute approximate surface area is 233 Å². The molecule has 3 aromatic rings. The number of rotatable bonds is 9. The van der Waals surface area contributed by atoms with E-state index in [1.165, 1.54) is 60.2 Å². The van der Waals surface area contributed by atoms with Gasteiger partial charge in [0.15, 0.2) is 5.78 Å². The van der Waals surface area contributed by atoms with E-state index in [1.807, 2.05) is 12.1 Å². The number of likely N-dealkylation sites (tertiary alicyclic amines) is 1. The Balaban J connectivity index is 1.06. The lowest BCUT2D eigenvalue weighted by Crippen LogP contribution is -2.33. The van der Waals surface area contributed by atoms with Crippen LogP contribution in [0.3, 0.4) is 0 Å². The van der Waals surface area contributed by atoms with Gasteiger partial charge in [0, 0.05) is 43.2 Å². The topological polar surface area (TPSA) is 23.6 Å². The summed E-state index contributed by atoms with van der Waals surface area (Å²) in [6, 6.07) is 23.3. The molecule has 3 nitrogen and oxygen atoms in total. The molecule has 0 spiro atoms. The van der Waals surface area contributed by atoms with Crippen molar-refractivity contribution in [2.75, 3.05) is 26.2 Å². The number of carbonyl (C=O) groups excluding carboxylic acids is 1. The van der Waals surface area contributed by atoms with Gasteiger partial charge in [-0.05, 0) is 104 Å². The van der Waals surface area contributed by atoms with Crippen molar-refractivity contribution in [1.29, 1.82) is 0 Å². The van der Waals surface area contributed by atoms with Crippen LogP contribution in [0.5, 0.6) is 0 Å². The van der Waals surface area contributed by atoms with E-state index >= 15 is 0 Å². The normalized spacial score (nSPS) is 17.2. The summed E-state index contributed by atoms with van der Waals surface area (Å²) in [5.41, 5.74) is 7.66. The summed E-state index contributed by atoms with van der Waals surface area (Å²) < 4.78 is 0. The number of piperidine rings is 1. The first-order valence-electron chi connectivity index (χ1n) is 14.4. The quantitative estimate of drug-likeness (QED) is 0.268. The molecular weight excluding hydrogens is 488 g/mol. The molecule has 3 aromatic carbocycles. The van der Waals surface area contributed by atoms with Crippen LogP contribution in [0.2, 0.25) is 5.02 Å². The molecule has 0 unspecified atom stereocenters. The summed E-state index contributed by atoms with van der Waals surface area (Å²) in [5, 5.41) is 0.843. The summed E-state index contributed by atoms with van der Waals surface area (Å²) in [4.78, 5) is 18.1. The molecule has 5 rings (SSSR count). The second-order valence-corrected chi connectivity index (χ2v) is 11.7. The highest BCUT2D eigenvalue weighted by molar-refractivity contribution is 6.31. The lowest BCUT2D eigenvalue weighted by Gasteiger charge is -2.32. The fraction of sp³-hybridized carbons (Fsp3) is 0.441. The summed E-state index contributed by atoms with van der Waals surface area (Å²) in [6.07, 6.45) is 7.36. The Hall–Kier alpha value is -2.46. The number of hydrogen-bond donors (Lipinski definition) is 0. The number of hydrogen-bond acceptors (Lipinski definition) is 3. The molecule has 2 aliphatic rings. The monoisotopic (exact) mass is 528 g/mol. The van der Waals surface area contributed by atoms with Crippen LogP contribution in [0.15, 0.2) is 66.7 Å². The maximum atomic E-state index is 13.1. The van der Waals surface area contributed by atoms with Gasteiger partial charge in [-0.2, -0.15) is 0 Å². The third-order valence-corrected chi connectivity index (χ3v) is 9.02. The Kier molecular flexibility index (Phi) is 9.32. The van der Waals surface area contributed by atoms with E-state index in [4.69, 9.17) is 11.6 Å². The molecule has 1 saturated heterocycles. The maximum absolute atomic E-state index is 13.1. The van der Waals surface area contributed by atoms with Gasteiger partial charge >= 0.3 is 0 Å². The molecule has 2 heterocycles. The predicted octanol–water partition coefficient (Wildman–Crippen LogP) is 7.51. The van der Waals surface area contributed by atoms with Crippen molar-refractivity contribution in [3.8, 4) is 0 Å². The lowest BCUT2D eigenvalue weighted by molar-refractivity contribution is 0.0974. The maximum Gasteiger partial charge on any atom is 0.162 e. The van der Waals surface area contributed by atoms with Crippen molar-refractivity contribution in [3.63, 3.8) is 0 Å². The summed E-state index contributed by atoms with van der Waals surface area (Å²) >= 11 is 6.40. The van der Waals surface area contributed by atoms with E-state index in [-0.39, 0.29) is 0 Å². The average Bonchev–Trinajstić information content (AvgIpc) is 3.14. The summed E-state index contributed by atoms with van der Waals surface area (Å²) in [7, 11) is 0. The zero-order chi connectivity index (χ0) is 26.3. The third kappa shape index (κ3) is 7.14. The summed E-state index contributed by atoms with van der Waals surface area (Å²) in [5.74, 6) is 1.06. The molecule has 0 bridgehead atoms. The Morgan fingerprint density at radius 1 is 0.816 bits per heavy atom. The molecule has 0 aliphatic carbocycles. The number of ketones is 1. The van der Waals surface area contributed by atoms with E-state index in [2.05, 4.69) is 71.3 Å². The number of aryl methyl sites for hydroxylation is 1. The molecule has 4 heteroatoms. The predicted molar refractivity (Wildman–Crippen MR) is 158 cm³/mol. The van der Waals surface area contributed by atoms with E-state index < -0.39 is 0 Å². The van der Waals surface area contributed by atoms with Crippen LogP contribution < -0.4 is 0 Å². The largest absolute Gasteiger partial charge is 0.299 e. The molecule has 0 amide bonds. The smallest absolute Gasteiger partial charge is 0.162 e. The van der Waals surface area contributed by atoms with Crippen molar-refractivity contribution in [2.45, 2.75) is 65.0 Å². The molecule has 0 aromatic heterocycles. The minimum atomic E-state index is 0.307. The molecular formula is C34H41ClN2O. The number of carbonyl (C=O) groups is 1. The SMILES string of the molecule is Cc1ccccc1CN1CCC(CCCC(=O)c2ccc3c(c2)CCN(Cc2ccccc2Cl)CC3)CC1. The van der Waals surface area contributed by atoms with Gasteiger partial charge in [0.2, 0.25) is 0 Å². The van der Waals surface area contributed by atoms with Crippen LogP contribution in [0.25, 0.3) is 0 Å². The van der Waals surface area contributed by atoms with E-state index in [9.17, 15) is 4.79 Å². The number of halogens is 1. The first-order chi connectivity index (χ1) is 18.5. The van der Waals surface area contributed by atoms with E-state index in [1.54, 1.807) is 0 Å². The lowest BCUT2D eigenvalue weighted by atomic mass is 9.90. The fourth-order valence-electron chi connectivity index (χ4n) is 6.13. The van der Waals surface area contributed by atoms with Gasteiger partial charge in [0.1, 0.15) is 0 Å². The van der Waals surface area contributed by atoms with Crippen molar-refractivity contribution < 1.29 is 4.79 Å². The highest BCUT2D eigenvalue weighted by atomic mass is 35.5. The molecule has 2 aliphatic heterocycles. The van der Waals surface area contributed by atoms with Gasteiger partial charge in [-0.25, -0.2) is 0 Å². The second kappa shape index (κ2) is 13.1. The van der Waals surface area contributed by atoms with Gasteiger partial charge < -0.3 is 0 Å². The van der Waals surface area contributed by atoms with Crippen molar-refractivity contribution in [2.24, 2.45) is 5.92 Å². The van der Waals surface area contributed by atoms with Gasteiger partial charge in [0.25, 0.3) is 0 Å². The van der Waals surface area contributed by atoms with Gasteiger partial charge in [-0.3, -0.25) is 14.6 Å². The van der Waals surface area contributed by atoms with Gasteiger partial charge in [-0.1, -0.05) is 66.2 Å². The van der Waals surface area contributed by atoms with Gasteiger partial charge in [0.05, 0.1) is 0 Å². The summed E-state index contributed by atoms with van der Waals surface area (Å²) in [6.45, 7) is 8.52. The standard InChI is InChI=1S/C34H41ClN2O/c1-26-7-2-3-9-31(26)24-36-19-15-27(16-20-36)8-6-12-34(38)30-14-13-28-17-21-37(22-18-29(28)23-30)25-32-10-4-5-11-33(32)35/h2-5,7,9-11,13-14,23,27H,6,8,12,15-22,24-25H2,1H3. The molecule has 1 fully saturated rings.